The van der Waals surface area contributed by atoms with Gasteiger partial charge in [0.25, 0.3) is 11.5 Å². The van der Waals surface area contributed by atoms with Crippen LogP contribution in [0.15, 0.2) is 29.1 Å². The molecule has 5 nitrogen and oxygen atoms in total. The zero-order chi connectivity index (χ0) is 20.8. The van der Waals surface area contributed by atoms with Crippen molar-refractivity contribution in [3.05, 3.63) is 62.8 Å². The molecule has 1 spiro atoms. The summed E-state index contributed by atoms with van der Waals surface area (Å²) in [5.74, 6) is 0.846. The van der Waals surface area contributed by atoms with Gasteiger partial charge in [-0.15, -0.1) is 0 Å². The number of aromatic amines is 1. The van der Waals surface area contributed by atoms with Gasteiger partial charge in [-0.1, -0.05) is 45.9 Å². The van der Waals surface area contributed by atoms with Crippen LogP contribution in [0.5, 0.6) is 0 Å². The number of rotatable bonds is 2. The van der Waals surface area contributed by atoms with Crippen molar-refractivity contribution in [3.8, 4) is 0 Å². The highest BCUT2D eigenvalue weighted by molar-refractivity contribution is 5.95. The Kier molecular flexibility index (Phi) is 4.88. The fraction of sp³-hybridized carbons (Fsp3) is 0.542. The first-order valence-electron chi connectivity index (χ1n) is 10.8. The molecule has 2 aromatic rings. The molecule has 1 aromatic heterocycles. The molecule has 2 heterocycles. The number of nitrogens with zero attached hydrogens (tertiary/aromatic N) is 2. The SMILES string of the molecule is CCc1ccccc1C(=O)N1CCCC2(CCc3c2nc(C(C)(C)C)[nH]c3=O)C1. The monoisotopic (exact) mass is 393 g/mol. The molecule has 1 aliphatic heterocycles. The highest BCUT2D eigenvalue weighted by atomic mass is 16.2. The van der Waals surface area contributed by atoms with Crippen molar-refractivity contribution in [2.45, 2.75) is 70.6 Å². The Morgan fingerprint density at radius 3 is 2.72 bits per heavy atom. The molecule has 1 amide bonds. The van der Waals surface area contributed by atoms with Gasteiger partial charge < -0.3 is 9.88 Å². The standard InChI is InChI=1S/C24H31N3O2/c1-5-16-9-6-7-10-17(16)21(29)27-14-8-12-24(15-27)13-11-18-19(24)25-22(23(2,3)4)26-20(18)28/h6-7,9-10H,5,8,11-15H2,1-4H3,(H,25,26,28). The molecule has 1 aliphatic carbocycles. The van der Waals surface area contributed by atoms with E-state index in [0.29, 0.717) is 6.54 Å². The van der Waals surface area contributed by atoms with Crippen molar-refractivity contribution in [1.82, 2.24) is 14.9 Å². The molecule has 1 unspecified atom stereocenters. The molecule has 1 N–H and O–H groups in total. The summed E-state index contributed by atoms with van der Waals surface area (Å²) in [4.78, 5) is 36.1. The van der Waals surface area contributed by atoms with Gasteiger partial charge in [0.15, 0.2) is 0 Å². The Morgan fingerprint density at radius 2 is 2.00 bits per heavy atom. The molecule has 0 saturated carbocycles. The van der Waals surface area contributed by atoms with E-state index in [9.17, 15) is 9.59 Å². The van der Waals surface area contributed by atoms with Crippen LogP contribution in [0.2, 0.25) is 0 Å². The van der Waals surface area contributed by atoms with E-state index >= 15 is 0 Å². The number of fused-ring (bicyclic) bond motifs is 2. The first kappa shape index (κ1) is 19.9. The van der Waals surface area contributed by atoms with Gasteiger partial charge in [-0.2, -0.15) is 0 Å². The van der Waals surface area contributed by atoms with Crippen molar-refractivity contribution in [3.63, 3.8) is 0 Å². The summed E-state index contributed by atoms with van der Waals surface area (Å²) >= 11 is 0. The molecule has 1 atom stereocenters. The van der Waals surface area contributed by atoms with Crippen LogP contribution in [-0.2, 0) is 23.7 Å². The minimum Gasteiger partial charge on any atom is -0.338 e. The molecular formula is C24H31N3O2. The topological polar surface area (TPSA) is 66.1 Å². The lowest BCUT2D eigenvalue weighted by Gasteiger charge is -2.41. The second kappa shape index (κ2) is 7.12. The Morgan fingerprint density at radius 1 is 1.24 bits per heavy atom. The maximum atomic E-state index is 13.4. The van der Waals surface area contributed by atoms with Crippen molar-refractivity contribution in [2.75, 3.05) is 13.1 Å². The predicted molar refractivity (Wildman–Crippen MR) is 115 cm³/mol. The highest BCUT2D eigenvalue weighted by Gasteiger charge is 2.46. The van der Waals surface area contributed by atoms with Gasteiger partial charge in [0.2, 0.25) is 0 Å². The van der Waals surface area contributed by atoms with Crippen LogP contribution in [-0.4, -0.2) is 33.9 Å². The van der Waals surface area contributed by atoms with E-state index in [1.807, 2.05) is 29.2 Å². The molecule has 5 heteroatoms. The molecule has 4 rings (SSSR count). The average Bonchev–Trinajstić information content (AvgIpc) is 3.05. The molecule has 0 radical (unpaired) electrons. The van der Waals surface area contributed by atoms with E-state index in [2.05, 4.69) is 32.7 Å². The number of likely N-dealkylation sites (tertiary alicyclic amines) is 1. The molecular weight excluding hydrogens is 362 g/mol. The van der Waals surface area contributed by atoms with Crippen molar-refractivity contribution >= 4 is 5.91 Å². The molecule has 2 aliphatic rings. The second-order valence-electron chi connectivity index (χ2n) is 9.61. The van der Waals surface area contributed by atoms with Gasteiger partial charge in [-0.05, 0) is 43.7 Å². The quantitative estimate of drug-likeness (QED) is 0.845. The van der Waals surface area contributed by atoms with E-state index < -0.39 is 0 Å². The molecule has 0 bridgehead atoms. The largest absolute Gasteiger partial charge is 0.338 e. The Bertz CT molecular complexity index is 1000. The van der Waals surface area contributed by atoms with Crippen LogP contribution in [0.25, 0.3) is 0 Å². The highest BCUT2D eigenvalue weighted by Crippen LogP contribution is 2.43. The minimum atomic E-state index is -0.220. The lowest BCUT2D eigenvalue weighted by Crippen LogP contribution is -2.48. The van der Waals surface area contributed by atoms with Gasteiger partial charge >= 0.3 is 0 Å². The number of benzene rings is 1. The van der Waals surface area contributed by atoms with E-state index in [1.54, 1.807) is 0 Å². The normalized spacial score (nSPS) is 21.4. The number of amides is 1. The van der Waals surface area contributed by atoms with Gasteiger partial charge in [-0.25, -0.2) is 4.98 Å². The number of carbonyl (C=O) groups excluding carboxylic acids is 1. The number of carbonyl (C=O) groups is 1. The summed E-state index contributed by atoms with van der Waals surface area (Å²) in [7, 11) is 0. The van der Waals surface area contributed by atoms with Gasteiger partial charge in [0, 0.05) is 35.0 Å². The van der Waals surface area contributed by atoms with Crippen molar-refractivity contribution in [1.29, 1.82) is 0 Å². The number of aromatic nitrogens is 2. The van der Waals surface area contributed by atoms with Crippen LogP contribution >= 0.6 is 0 Å². The number of nitrogens with one attached hydrogen (secondary N) is 1. The maximum absolute atomic E-state index is 13.4. The zero-order valence-electron chi connectivity index (χ0n) is 18.0. The van der Waals surface area contributed by atoms with E-state index in [4.69, 9.17) is 4.98 Å². The Labute approximate surface area is 172 Å². The van der Waals surface area contributed by atoms with E-state index in [1.165, 1.54) is 0 Å². The van der Waals surface area contributed by atoms with Gasteiger partial charge in [0.05, 0.1) is 5.69 Å². The fourth-order valence-corrected chi connectivity index (χ4v) is 4.92. The Hall–Kier alpha value is -2.43. The average molecular weight is 394 g/mol. The summed E-state index contributed by atoms with van der Waals surface area (Å²) in [5.41, 5.74) is 3.24. The predicted octanol–water partition coefficient (Wildman–Crippen LogP) is 3.75. The fourth-order valence-electron chi connectivity index (χ4n) is 4.92. The number of piperidine rings is 1. The van der Waals surface area contributed by atoms with Crippen LogP contribution in [0.1, 0.15) is 80.0 Å². The summed E-state index contributed by atoms with van der Waals surface area (Å²) in [6.07, 6.45) is 4.41. The number of hydrogen-bond acceptors (Lipinski definition) is 3. The smallest absolute Gasteiger partial charge is 0.254 e. The third-order valence-corrected chi connectivity index (χ3v) is 6.57. The summed E-state index contributed by atoms with van der Waals surface area (Å²) in [5, 5.41) is 0. The molecule has 1 aromatic carbocycles. The lowest BCUT2D eigenvalue weighted by atomic mass is 9.77. The number of hydrogen-bond donors (Lipinski definition) is 1. The molecule has 1 fully saturated rings. The van der Waals surface area contributed by atoms with Crippen molar-refractivity contribution < 1.29 is 4.79 Å². The summed E-state index contributed by atoms with van der Waals surface area (Å²) in [6.45, 7) is 9.70. The molecule has 154 valence electrons. The maximum Gasteiger partial charge on any atom is 0.254 e. The van der Waals surface area contributed by atoms with Crippen LogP contribution < -0.4 is 5.56 Å². The van der Waals surface area contributed by atoms with Gasteiger partial charge in [0.1, 0.15) is 5.82 Å². The minimum absolute atomic E-state index is 0.00317. The number of H-pyrrole nitrogens is 1. The Balaban J connectivity index is 1.70. The first-order valence-corrected chi connectivity index (χ1v) is 10.8. The molecule has 29 heavy (non-hydrogen) atoms. The summed E-state index contributed by atoms with van der Waals surface area (Å²) in [6, 6.07) is 7.90. The van der Waals surface area contributed by atoms with Crippen molar-refractivity contribution in [2.24, 2.45) is 0 Å². The van der Waals surface area contributed by atoms with Crippen LogP contribution in [0.3, 0.4) is 0 Å². The molecule has 1 saturated heterocycles. The lowest BCUT2D eigenvalue weighted by molar-refractivity contribution is 0.0632. The zero-order valence-corrected chi connectivity index (χ0v) is 18.0. The van der Waals surface area contributed by atoms with E-state index in [0.717, 1.165) is 66.9 Å². The third kappa shape index (κ3) is 3.41. The van der Waals surface area contributed by atoms with E-state index in [-0.39, 0.29) is 22.3 Å². The second-order valence-corrected chi connectivity index (χ2v) is 9.61. The third-order valence-electron chi connectivity index (χ3n) is 6.57. The number of aryl methyl sites for hydroxylation is 1. The van der Waals surface area contributed by atoms with Crippen LogP contribution in [0.4, 0.5) is 0 Å². The first-order chi connectivity index (χ1) is 13.7. The van der Waals surface area contributed by atoms with Crippen LogP contribution in [0, 0.1) is 0 Å². The summed E-state index contributed by atoms with van der Waals surface area (Å²) < 4.78 is 0. The van der Waals surface area contributed by atoms with Gasteiger partial charge in [-0.3, -0.25) is 9.59 Å².